The van der Waals surface area contributed by atoms with E-state index in [9.17, 15) is 9.90 Å². The van der Waals surface area contributed by atoms with Gasteiger partial charge in [0.05, 0.1) is 18.6 Å². The van der Waals surface area contributed by atoms with Crippen molar-refractivity contribution < 1.29 is 14.3 Å². The Morgan fingerprint density at radius 3 is 3.04 bits per heavy atom. The standard InChI is InChI=1S/C16H15N5O3S/c1-9-12(22)7-21(9)16(23)11-8-24-13(18-11)6-14-19-20-15(25-14)10-4-2-3-5-17-10/h2-5,8-9,12,22H,6-7H2,1H3/t9-,12-/m0/s1. The molecule has 4 rings (SSSR count). The average Bonchev–Trinajstić information content (AvgIpc) is 3.29. The largest absolute Gasteiger partial charge is 0.448 e. The summed E-state index contributed by atoms with van der Waals surface area (Å²) in [4.78, 5) is 22.3. The van der Waals surface area contributed by atoms with Gasteiger partial charge in [0.1, 0.15) is 17.0 Å². The van der Waals surface area contributed by atoms with Crippen LogP contribution >= 0.6 is 11.3 Å². The van der Waals surface area contributed by atoms with E-state index in [2.05, 4.69) is 20.2 Å². The lowest BCUT2D eigenvalue weighted by Gasteiger charge is -2.42. The van der Waals surface area contributed by atoms with Gasteiger partial charge in [-0.15, -0.1) is 10.2 Å². The number of hydrogen-bond donors (Lipinski definition) is 1. The van der Waals surface area contributed by atoms with Gasteiger partial charge in [0, 0.05) is 12.7 Å². The summed E-state index contributed by atoms with van der Waals surface area (Å²) in [6.07, 6.45) is 2.93. The van der Waals surface area contributed by atoms with Crippen LogP contribution in [0.1, 0.15) is 28.3 Å². The van der Waals surface area contributed by atoms with Crippen LogP contribution in [0.15, 0.2) is 35.1 Å². The van der Waals surface area contributed by atoms with Crippen LogP contribution in [0.4, 0.5) is 0 Å². The maximum Gasteiger partial charge on any atom is 0.276 e. The molecule has 0 bridgehead atoms. The van der Waals surface area contributed by atoms with E-state index in [0.29, 0.717) is 18.9 Å². The summed E-state index contributed by atoms with van der Waals surface area (Å²) < 4.78 is 5.39. The number of nitrogens with zero attached hydrogens (tertiary/aromatic N) is 5. The zero-order chi connectivity index (χ0) is 17.4. The highest BCUT2D eigenvalue weighted by Crippen LogP contribution is 2.24. The zero-order valence-corrected chi connectivity index (χ0v) is 14.2. The number of carbonyl (C=O) groups is 1. The highest BCUT2D eigenvalue weighted by atomic mass is 32.1. The monoisotopic (exact) mass is 357 g/mol. The first-order valence-corrected chi connectivity index (χ1v) is 8.60. The van der Waals surface area contributed by atoms with E-state index in [1.54, 1.807) is 18.0 Å². The Morgan fingerprint density at radius 1 is 1.44 bits per heavy atom. The summed E-state index contributed by atoms with van der Waals surface area (Å²) in [7, 11) is 0. The summed E-state index contributed by atoms with van der Waals surface area (Å²) in [5.74, 6) is 0.167. The summed E-state index contributed by atoms with van der Waals surface area (Å²) >= 11 is 1.41. The second kappa shape index (κ2) is 6.34. The fourth-order valence-electron chi connectivity index (χ4n) is 2.54. The first-order valence-electron chi connectivity index (χ1n) is 7.79. The highest BCUT2D eigenvalue weighted by Gasteiger charge is 2.38. The molecular weight excluding hydrogens is 342 g/mol. The van der Waals surface area contributed by atoms with Crippen LogP contribution in [0.25, 0.3) is 10.7 Å². The third-order valence-corrected chi connectivity index (χ3v) is 5.06. The molecule has 3 aromatic heterocycles. The maximum absolute atomic E-state index is 12.3. The Balaban J connectivity index is 1.45. The highest BCUT2D eigenvalue weighted by molar-refractivity contribution is 7.14. The van der Waals surface area contributed by atoms with Gasteiger partial charge < -0.3 is 14.4 Å². The van der Waals surface area contributed by atoms with Crippen LogP contribution in [0.5, 0.6) is 0 Å². The third kappa shape index (κ3) is 3.03. The SMILES string of the molecule is C[C@H]1[C@@H](O)CN1C(=O)c1coc(Cc2nnc(-c3ccccn3)s2)n1. The van der Waals surface area contributed by atoms with Gasteiger partial charge in [0.25, 0.3) is 5.91 Å². The quantitative estimate of drug-likeness (QED) is 0.752. The van der Waals surface area contributed by atoms with Gasteiger partial charge >= 0.3 is 0 Å². The number of aromatic nitrogens is 4. The van der Waals surface area contributed by atoms with Crippen molar-refractivity contribution in [3.05, 3.63) is 47.3 Å². The lowest BCUT2D eigenvalue weighted by Crippen LogP contribution is -2.60. The third-order valence-electron chi connectivity index (χ3n) is 4.12. The fourth-order valence-corrected chi connectivity index (χ4v) is 3.35. The van der Waals surface area contributed by atoms with Crippen molar-refractivity contribution in [1.82, 2.24) is 25.1 Å². The number of aliphatic hydroxyl groups is 1. The number of amides is 1. The normalized spacial score (nSPS) is 19.7. The molecule has 1 fully saturated rings. The number of hydrogen-bond acceptors (Lipinski definition) is 8. The van der Waals surface area contributed by atoms with Gasteiger partial charge in [0.15, 0.2) is 10.7 Å². The van der Waals surface area contributed by atoms with Crippen molar-refractivity contribution in [2.45, 2.75) is 25.5 Å². The molecule has 2 atom stereocenters. The number of carbonyl (C=O) groups excluding carboxylic acids is 1. The zero-order valence-electron chi connectivity index (χ0n) is 13.4. The predicted octanol–water partition coefficient (Wildman–Crippen LogP) is 1.38. The second-order valence-corrected chi connectivity index (χ2v) is 6.85. The van der Waals surface area contributed by atoms with Crippen LogP contribution in [-0.4, -0.2) is 54.8 Å². The van der Waals surface area contributed by atoms with Gasteiger partial charge in [0.2, 0.25) is 5.89 Å². The minimum Gasteiger partial charge on any atom is -0.448 e. The summed E-state index contributed by atoms with van der Waals surface area (Å²) in [5, 5.41) is 19.2. The van der Waals surface area contributed by atoms with E-state index >= 15 is 0 Å². The molecule has 0 spiro atoms. The Kier molecular flexibility index (Phi) is 4.02. The first-order chi connectivity index (χ1) is 12.1. The molecule has 25 heavy (non-hydrogen) atoms. The van der Waals surface area contributed by atoms with E-state index in [-0.39, 0.29) is 17.6 Å². The van der Waals surface area contributed by atoms with Crippen LogP contribution in [0.2, 0.25) is 0 Å². The van der Waals surface area contributed by atoms with Crippen molar-refractivity contribution in [1.29, 1.82) is 0 Å². The molecule has 1 aliphatic rings. The minimum absolute atomic E-state index is 0.197. The smallest absolute Gasteiger partial charge is 0.276 e. The van der Waals surface area contributed by atoms with Crippen molar-refractivity contribution in [2.24, 2.45) is 0 Å². The lowest BCUT2D eigenvalue weighted by atomic mass is 10.0. The summed E-state index contributed by atoms with van der Waals surface area (Å²) in [6.45, 7) is 2.12. The van der Waals surface area contributed by atoms with Gasteiger partial charge in [-0.05, 0) is 19.1 Å². The predicted molar refractivity (Wildman–Crippen MR) is 89.0 cm³/mol. The molecule has 8 nitrogen and oxygen atoms in total. The molecule has 0 radical (unpaired) electrons. The topological polar surface area (TPSA) is 105 Å². The molecule has 0 unspecified atom stereocenters. The van der Waals surface area contributed by atoms with E-state index < -0.39 is 6.10 Å². The summed E-state index contributed by atoms with van der Waals surface area (Å²) in [5.41, 5.74) is 1.00. The number of aliphatic hydroxyl groups excluding tert-OH is 1. The molecule has 1 N–H and O–H groups in total. The molecule has 0 saturated carbocycles. The molecule has 1 amide bonds. The number of pyridine rings is 1. The van der Waals surface area contributed by atoms with E-state index in [0.717, 1.165) is 15.7 Å². The molecule has 1 saturated heterocycles. The minimum atomic E-state index is -0.471. The molecule has 0 aromatic carbocycles. The Hall–Kier alpha value is -2.65. The Bertz CT molecular complexity index is 894. The fraction of sp³-hybridized carbons (Fsp3) is 0.312. The molecule has 4 heterocycles. The van der Waals surface area contributed by atoms with E-state index in [1.165, 1.54) is 17.6 Å². The van der Waals surface area contributed by atoms with Crippen LogP contribution in [-0.2, 0) is 6.42 Å². The molecule has 128 valence electrons. The van der Waals surface area contributed by atoms with Gasteiger partial charge in [-0.2, -0.15) is 0 Å². The molecule has 9 heteroatoms. The van der Waals surface area contributed by atoms with Crippen molar-refractivity contribution in [3.8, 4) is 10.7 Å². The van der Waals surface area contributed by atoms with Gasteiger partial charge in [-0.3, -0.25) is 9.78 Å². The maximum atomic E-state index is 12.3. The van der Waals surface area contributed by atoms with Crippen molar-refractivity contribution >= 4 is 17.2 Å². The lowest BCUT2D eigenvalue weighted by molar-refractivity contribution is -0.0360. The van der Waals surface area contributed by atoms with E-state index in [4.69, 9.17) is 4.42 Å². The molecule has 0 aliphatic carbocycles. The van der Waals surface area contributed by atoms with Crippen LogP contribution < -0.4 is 0 Å². The number of oxazole rings is 1. The number of likely N-dealkylation sites (tertiary alicyclic amines) is 1. The number of β-amino-alcohol motifs (C(OH)–C–C–N with tert-alkyl or cyclic N) is 1. The van der Waals surface area contributed by atoms with Crippen LogP contribution in [0, 0.1) is 0 Å². The Morgan fingerprint density at radius 2 is 2.32 bits per heavy atom. The molecule has 3 aromatic rings. The molecular formula is C16H15N5O3S. The number of rotatable bonds is 4. The average molecular weight is 357 g/mol. The van der Waals surface area contributed by atoms with Crippen LogP contribution in [0.3, 0.4) is 0 Å². The van der Waals surface area contributed by atoms with Crippen molar-refractivity contribution in [3.63, 3.8) is 0 Å². The second-order valence-electron chi connectivity index (χ2n) is 5.78. The van der Waals surface area contributed by atoms with Gasteiger partial charge in [-0.25, -0.2) is 4.98 Å². The Labute approximate surface area is 147 Å². The summed E-state index contributed by atoms with van der Waals surface area (Å²) in [6, 6.07) is 5.41. The van der Waals surface area contributed by atoms with E-state index in [1.807, 2.05) is 18.2 Å². The van der Waals surface area contributed by atoms with Gasteiger partial charge in [-0.1, -0.05) is 17.4 Å². The van der Waals surface area contributed by atoms with Crippen molar-refractivity contribution in [2.75, 3.05) is 6.54 Å². The molecule has 1 aliphatic heterocycles. The first kappa shape index (κ1) is 15.9.